The number of ketones is 1. The van der Waals surface area contributed by atoms with Gasteiger partial charge in [0.2, 0.25) is 0 Å². The van der Waals surface area contributed by atoms with Gasteiger partial charge in [-0.25, -0.2) is 0 Å². The Morgan fingerprint density at radius 1 is 0.851 bits per heavy atom. The van der Waals surface area contributed by atoms with Crippen molar-refractivity contribution in [2.45, 2.75) is 44.3 Å². The number of aromatic hydroxyl groups is 1. The lowest BCUT2D eigenvalue weighted by molar-refractivity contribution is -0.137. The molecule has 1 aliphatic carbocycles. The second kappa shape index (κ2) is 14.1. The summed E-state index contributed by atoms with van der Waals surface area (Å²) in [6.07, 6.45) is 0.450. The van der Waals surface area contributed by atoms with E-state index in [9.17, 15) is 23.1 Å². The van der Waals surface area contributed by atoms with Gasteiger partial charge in [-0.05, 0) is 59.5 Å². The molecule has 0 aromatic heterocycles. The molecule has 0 amide bonds. The molecule has 6 rings (SSSR count). The lowest BCUT2D eigenvalue weighted by Crippen LogP contribution is -2.48. The Kier molecular flexibility index (Phi) is 10.1. The molecule has 1 saturated carbocycles. The Hall–Kier alpha value is -3.23. The number of phenolic OH excluding ortho intramolecular Hbond substituents is 1. The smallest absolute Gasteiger partial charge is 0.416 e. The summed E-state index contributed by atoms with van der Waals surface area (Å²) < 4.78 is 40.1. The molecular weight excluding hydrogens is 668 g/mol. The first-order valence-corrected chi connectivity index (χ1v) is 16.9. The molecule has 47 heavy (non-hydrogen) atoms. The number of alkyl halides is 3. The average molecular weight is 702 g/mol. The zero-order valence-corrected chi connectivity index (χ0v) is 27.8. The summed E-state index contributed by atoms with van der Waals surface area (Å²) in [4.78, 5) is 17.8. The van der Waals surface area contributed by atoms with Crippen LogP contribution in [0.15, 0.2) is 78.9 Å². The van der Waals surface area contributed by atoms with Crippen molar-refractivity contribution in [1.29, 1.82) is 0 Å². The lowest BCUT2D eigenvalue weighted by atomic mass is 9.90. The number of phenols is 1. The standard InChI is InChI=1S/C37H34Cl3F3N2O2/c38-30-9-4-10-32(35(30)40)44-15-17-45(18-16-44)36(26-8-3-7-25(20-26)34(47)19-23-5-1-2-6-23)29-21-24(11-14-33(29)46)28-13-12-27(22-31(28)39)37(41,42)43/h3-4,7-14,20-23,36,46H,1-2,5-6,15-19H2. The normalized spacial score (nSPS) is 16.9. The van der Waals surface area contributed by atoms with E-state index in [1.807, 2.05) is 36.4 Å². The fourth-order valence-corrected chi connectivity index (χ4v) is 7.59. The van der Waals surface area contributed by atoms with Crippen LogP contribution in [-0.2, 0) is 6.18 Å². The third-order valence-corrected chi connectivity index (χ3v) is 10.5. The molecule has 4 aromatic carbocycles. The van der Waals surface area contributed by atoms with Gasteiger partial charge in [0.25, 0.3) is 0 Å². The van der Waals surface area contributed by atoms with E-state index in [1.54, 1.807) is 24.3 Å². The number of carbonyl (C=O) groups is 1. The molecule has 1 saturated heterocycles. The molecule has 0 spiro atoms. The SMILES string of the molecule is O=C(CC1CCCC1)c1cccc(C(c2cc(-c3ccc(C(F)(F)F)cc3Cl)ccc2O)N2CCN(c3cccc(Cl)c3Cl)CC2)c1. The number of benzene rings is 4. The monoisotopic (exact) mass is 700 g/mol. The number of carbonyl (C=O) groups excluding carboxylic acids is 1. The highest BCUT2D eigenvalue weighted by Gasteiger charge is 2.32. The van der Waals surface area contributed by atoms with Crippen LogP contribution < -0.4 is 4.90 Å². The van der Waals surface area contributed by atoms with Crippen molar-refractivity contribution in [1.82, 2.24) is 4.90 Å². The quantitative estimate of drug-likeness (QED) is 0.186. The van der Waals surface area contributed by atoms with Crippen molar-refractivity contribution in [3.63, 3.8) is 0 Å². The molecule has 4 aromatic rings. The van der Waals surface area contributed by atoms with Crippen molar-refractivity contribution < 1.29 is 23.1 Å². The second-order valence-corrected chi connectivity index (χ2v) is 13.6. The largest absolute Gasteiger partial charge is 0.508 e. The van der Waals surface area contributed by atoms with E-state index in [-0.39, 0.29) is 16.6 Å². The predicted molar refractivity (Wildman–Crippen MR) is 183 cm³/mol. The molecule has 1 aliphatic heterocycles. The lowest BCUT2D eigenvalue weighted by Gasteiger charge is -2.41. The molecule has 2 aliphatic rings. The first-order valence-electron chi connectivity index (χ1n) is 15.8. The van der Waals surface area contributed by atoms with E-state index in [4.69, 9.17) is 34.8 Å². The van der Waals surface area contributed by atoms with Crippen LogP contribution in [0.25, 0.3) is 11.1 Å². The highest BCUT2D eigenvalue weighted by Crippen LogP contribution is 2.42. The molecule has 0 bridgehead atoms. The summed E-state index contributed by atoms with van der Waals surface area (Å²) in [6, 6.07) is 20.9. The van der Waals surface area contributed by atoms with E-state index in [2.05, 4.69) is 9.80 Å². The summed E-state index contributed by atoms with van der Waals surface area (Å²) in [5, 5.41) is 12.2. The third-order valence-electron chi connectivity index (χ3n) is 9.35. The van der Waals surface area contributed by atoms with Gasteiger partial charge < -0.3 is 10.0 Å². The second-order valence-electron chi connectivity index (χ2n) is 12.4. The number of anilines is 1. The van der Waals surface area contributed by atoms with Crippen molar-refractivity contribution in [2.24, 2.45) is 5.92 Å². The number of rotatable bonds is 8. The van der Waals surface area contributed by atoms with Crippen LogP contribution in [0.5, 0.6) is 5.75 Å². The molecular formula is C37H34Cl3F3N2O2. The minimum atomic E-state index is -4.52. The maximum atomic E-state index is 13.4. The molecule has 246 valence electrons. The van der Waals surface area contributed by atoms with E-state index in [0.29, 0.717) is 70.8 Å². The number of hydrogen-bond acceptors (Lipinski definition) is 4. The van der Waals surface area contributed by atoms with Gasteiger partial charge in [-0.3, -0.25) is 9.69 Å². The molecule has 10 heteroatoms. The minimum Gasteiger partial charge on any atom is -0.508 e. The summed E-state index contributed by atoms with van der Waals surface area (Å²) >= 11 is 19.2. The Morgan fingerprint density at radius 2 is 1.57 bits per heavy atom. The third kappa shape index (κ3) is 7.44. The zero-order chi connectivity index (χ0) is 33.3. The predicted octanol–water partition coefficient (Wildman–Crippen LogP) is 10.7. The summed E-state index contributed by atoms with van der Waals surface area (Å²) in [5.41, 5.74) is 3.03. The van der Waals surface area contributed by atoms with Crippen molar-refractivity contribution in [3.8, 4) is 16.9 Å². The van der Waals surface area contributed by atoms with Gasteiger partial charge in [0.15, 0.2) is 5.78 Å². The average Bonchev–Trinajstić information content (AvgIpc) is 3.57. The van der Waals surface area contributed by atoms with Crippen molar-refractivity contribution >= 4 is 46.3 Å². The van der Waals surface area contributed by atoms with Crippen LogP contribution in [-0.4, -0.2) is 42.0 Å². The van der Waals surface area contributed by atoms with E-state index in [1.165, 1.54) is 6.07 Å². The van der Waals surface area contributed by atoms with E-state index < -0.39 is 17.8 Å². The molecule has 4 nitrogen and oxygen atoms in total. The van der Waals surface area contributed by atoms with Gasteiger partial charge in [-0.1, -0.05) is 96.9 Å². The molecule has 1 atom stereocenters. The Bertz CT molecular complexity index is 1770. The molecule has 1 unspecified atom stereocenters. The minimum absolute atomic E-state index is 0.0322. The fourth-order valence-electron chi connectivity index (χ4n) is 6.89. The molecule has 2 fully saturated rings. The van der Waals surface area contributed by atoms with Crippen molar-refractivity contribution in [2.75, 3.05) is 31.1 Å². The van der Waals surface area contributed by atoms with Gasteiger partial charge in [-0.15, -0.1) is 0 Å². The summed E-state index contributed by atoms with van der Waals surface area (Å²) in [5.74, 6) is 0.541. The number of hydrogen-bond donors (Lipinski definition) is 1. The van der Waals surface area contributed by atoms with Crippen LogP contribution in [0.2, 0.25) is 15.1 Å². The molecule has 1 heterocycles. The van der Waals surface area contributed by atoms with Gasteiger partial charge in [0, 0.05) is 54.3 Å². The van der Waals surface area contributed by atoms with Gasteiger partial charge >= 0.3 is 6.18 Å². The molecule has 0 radical (unpaired) electrons. The van der Waals surface area contributed by atoms with Gasteiger partial charge in [-0.2, -0.15) is 13.2 Å². The van der Waals surface area contributed by atoms with Crippen LogP contribution in [0.1, 0.15) is 65.2 Å². The highest BCUT2D eigenvalue weighted by atomic mass is 35.5. The number of halogens is 6. The van der Waals surface area contributed by atoms with Crippen molar-refractivity contribution in [3.05, 3.63) is 116 Å². The number of piperazine rings is 1. The Balaban J connectivity index is 1.37. The highest BCUT2D eigenvalue weighted by molar-refractivity contribution is 6.43. The van der Waals surface area contributed by atoms with Gasteiger partial charge in [0.05, 0.1) is 27.3 Å². The van der Waals surface area contributed by atoms with E-state index in [0.717, 1.165) is 49.1 Å². The summed E-state index contributed by atoms with van der Waals surface area (Å²) in [6.45, 7) is 2.45. The summed E-state index contributed by atoms with van der Waals surface area (Å²) in [7, 11) is 0. The maximum absolute atomic E-state index is 13.4. The first kappa shape index (κ1) is 33.7. The number of Topliss-reactive ketones (excluding diaryl/α,β-unsaturated/α-hetero) is 1. The van der Waals surface area contributed by atoms with Crippen LogP contribution >= 0.6 is 34.8 Å². The van der Waals surface area contributed by atoms with Crippen LogP contribution in [0.3, 0.4) is 0 Å². The van der Waals surface area contributed by atoms with Gasteiger partial charge in [0.1, 0.15) is 5.75 Å². The Morgan fingerprint density at radius 3 is 2.28 bits per heavy atom. The number of nitrogens with zero attached hydrogens (tertiary/aromatic N) is 2. The maximum Gasteiger partial charge on any atom is 0.416 e. The topological polar surface area (TPSA) is 43.8 Å². The van der Waals surface area contributed by atoms with Crippen LogP contribution in [0.4, 0.5) is 18.9 Å². The first-order chi connectivity index (χ1) is 22.5. The Labute approximate surface area is 287 Å². The molecule has 1 N–H and O–H groups in total. The fraction of sp³-hybridized carbons (Fsp3) is 0.324. The van der Waals surface area contributed by atoms with Crippen LogP contribution in [0, 0.1) is 5.92 Å². The van der Waals surface area contributed by atoms with E-state index >= 15 is 0 Å². The zero-order valence-electron chi connectivity index (χ0n) is 25.5.